The SMILES string of the molecule is CC(C)S(=O)(=O)c1ccccc1Nc1nc(Nc2cccc(NC(=O)CN3CCC(N(C)C)CC3)c2)ncc1Cl. The molecule has 12 heteroatoms. The highest BCUT2D eigenvalue weighted by atomic mass is 35.5. The minimum atomic E-state index is -3.53. The molecule has 0 spiro atoms. The van der Waals surface area contributed by atoms with Crippen molar-refractivity contribution in [3.8, 4) is 0 Å². The van der Waals surface area contributed by atoms with Crippen LogP contribution in [0.3, 0.4) is 0 Å². The summed E-state index contributed by atoms with van der Waals surface area (Å²) < 4.78 is 25.7. The quantitative estimate of drug-likeness (QED) is 0.309. The van der Waals surface area contributed by atoms with Gasteiger partial charge in [-0.3, -0.25) is 9.69 Å². The number of rotatable bonds is 10. The van der Waals surface area contributed by atoms with Crippen LogP contribution in [-0.2, 0) is 14.6 Å². The summed E-state index contributed by atoms with van der Waals surface area (Å²) in [6, 6.07) is 14.5. The van der Waals surface area contributed by atoms with Crippen molar-refractivity contribution in [3.05, 3.63) is 59.8 Å². The molecular formula is C28H36ClN7O3S. The van der Waals surface area contributed by atoms with Crippen LogP contribution in [0.5, 0.6) is 0 Å². The van der Waals surface area contributed by atoms with Gasteiger partial charge in [0.05, 0.1) is 28.6 Å². The first-order valence-corrected chi connectivity index (χ1v) is 15.1. The largest absolute Gasteiger partial charge is 0.338 e. The van der Waals surface area contributed by atoms with E-state index in [2.05, 4.69) is 49.8 Å². The third-order valence-electron chi connectivity index (χ3n) is 6.87. The fourth-order valence-electron chi connectivity index (χ4n) is 4.52. The second-order valence-electron chi connectivity index (χ2n) is 10.3. The van der Waals surface area contributed by atoms with Crippen molar-refractivity contribution in [2.24, 2.45) is 0 Å². The van der Waals surface area contributed by atoms with Crippen LogP contribution < -0.4 is 16.0 Å². The van der Waals surface area contributed by atoms with Crippen molar-refractivity contribution in [3.63, 3.8) is 0 Å². The van der Waals surface area contributed by atoms with Gasteiger partial charge in [0.25, 0.3) is 0 Å². The predicted octanol–water partition coefficient (Wildman–Crippen LogP) is 4.76. The van der Waals surface area contributed by atoms with Gasteiger partial charge < -0.3 is 20.9 Å². The maximum atomic E-state index is 12.8. The fraction of sp³-hybridized carbons (Fsp3) is 0.393. The van der Waals surface area contributed by atoms with E-state index in [0.717, 1.165) is 25.9 Å². The van der Waals surface area contributed by atoms with E-state index in [1.54, 1.807) is 44.2 Å². The van der Waals surface area contributed by atoms with Crippen molar-refractivity contribution in [1.82, 2.24) is 19.8 Å². The van der Waals surface area contributed by atoms with Gasteiger partial charge in [-0.1, -0.05) is 29.8 Å². The van der Waals surface area contributed by atoms with Crippen molar-refractivity contribution < 1.29 is 13.2 Å². The minimum absolute atomic E-state index is 0.0651. The van der Waals surface area contributed by atoms with Crippen LogP contribution in [-0.4, -0.2) is 79.1 Å². The zero-order chi connectivity index (χ0) is 28.9. The topological polar surface area (TPSA) is 120 Å². The number of nitrogens with zero attached hydrogens (tertiary/aromatic N) is 4. The molecule has 0 bridgehead atoms. The van der Waals surface area contributed by atoms with Crippen LogP contribution >= 0.6 is 11.6 Å². The van der Waals surface area contributed by atoms with Gasteiger partial charge in [0, 0.05) is 30.5 Å². The van der Waals surface area contributed by atoms with E-state index in [-0.39, 0.29) is 27.6 Å². The smallest absolute Gasteiger partial charge is 0.238 e. The van der Waals surface area contributed by atoms with E-state index >= 15 is 0 Å². The molecule has 0 radical (unpaired) electrons. The Hall–Kier alpha value is -3.25. The normalized spacial score (nSPS) is 14.9. The molecule has 4 rings (SSSR count). The summed E-state index contributed by atoms with van der Waals surface area (Å²) in [4.78, 5) is 26.0. The molecule has 0 saturated carbocycles. The Bertz CT molecular complexity index is 1440. The Labute approximate surface area is 241 Å². The highest BCUT2D eigenvalue weighted by Crippen LogP contribution is 2.30. The Balaban J connectivity index is 1.42. The minimum Gasteiger partial charge on any atom is -0.338 e. The van der Waals surface area contributed by atoms with Gasteiger partial charge in [-0.25, -0.2) is 13.4 Å². The molecule has 0 aliphatic carbocycles. The first-order valence-electron chi connectivity index (χ1n) is 13.2. The lowest BCUT2D eigenvalue weighted by Gasteiger charge is -2.34. The van der Waals surface area contributed by atoms with E-state index in [9.17, 15) is 13.2 Å². The lowest BCUT2D eigenvalue weighted by atomic mass is 10.0. The van der Waals surface area contributed by atoms with Gasteiger partial charge in [0.1, 0.15) is 5.02 Å². The average molecular weight is 586 g/mol. The molecule has 1 aliphatic heterocycles. The number of hydrogen-bond donors (Lipinski definition) is 3. The lowest BCUT2D eigenvalue weighted by Crippen LogP contribution is -2.44. The molecule has 0 atom stereocenters. The van der Waals surface area contributed by atoms with Gasteiger partial charge in [-0.2, -0.15) is 4.98 Å². The van der Waals surface area contributed by atoms with Crippen LogP contribution in [0.1, 0.15) is 26.7 Å². The number of hydrogen-bond acceptors (Lipinski definition) is 9. The molecule has 1 aromatic heterocycles. The molecule has 214 valence electrons. The van der Waals surface area contributed by atoms with Crippen molar-refractivity contribution >= 4 is 56.2 Å². The van der Waals surface area contributed by atoms with E-state index in [0.29, 0.717) is 29.6 Å². The second-order valence-corrected chi connectivity index (χ2v) is 13.2. The number of likely N-dealkylation sites (tertiary alicyclic amines) is 1. The van der Waals surface area contributed by atoms with Gasteiger partial charge >= 0.3 is 0 Å². The van der Waals surface area contributed by atoms with E-state index in [1.165, 1.54) is 6.20 Å². The van der Waals surface area contributed by atoms with Crippen molar-refractivity contribution in [1.29, 1.82) is 0 Å². The Morgan fingerprint density at radius 2 is 1.77 bits per heavy atom. The number of piperidine rings is 1. The van der Waals surface area contributed by atoms with Crippen LogP contribution in [0.25, 0.3) is 0 Å². The molecule has 40 heavy (non-hydrogen) atoms. The summed E-state index contributed by atoms with van der Waals surface area (Å²) in [6.07, 6.45) is 3.54. The maximum Gasteiger partial charge on any atom is 0.238 e. The molecule has 1 fully saturated rings. The molecule has 0 unspecified atom stereocenters. The van der Waals surface area contributed by atoms with Crippen LogP contribution in [0.4, 0.5) is 28.8 Å². The number of para-hydroxylation sites is 1. The third kappa shape index (κ3) is 7.48. The van der Waals surface area contributed by atoms with E-state index in [4.69, 9.17) is 11.6 Å². The zero-order valence-corrected chi connectivity index (χ0v) is 24.8. The van der Waals surface area contributed by atoms with E-state index in [1.807, 2.05) is 18.2 Å². The molecule has 3 N–H and O–H groups in total. The molecular weight excluding hydrogens is 550 g/mol. The van der Waals surface area contributed by atoms with Crippen molar-refractivity contribution in [2.75, 3.05) is 49.7 Å². The molecule has 3 aromatic rings. The number of carbonyl (C=O) groups excluding carboxylic acids is 1. The summed E-state index contributed by atoms with van der Waals surface area (Å²) in [7, 11) is 0.661. The number of amides is 1. The first-order chi connectivity index (χ1) is 19.0. The second kappa shape index (κ2) is 12.9. The fourth-order valence-corrected chi connectivity index (χ4v) is 5.86. The number of carbonyl (C=O) groups is 1. The first kappa shape index (κ1) is 29.7. The Morgan fingerprint density at radius 1 is 1.07 bits per heavy atom. The monoisotopic (exact) mass is 585 g/mol. The maximum absolute atomic E-state index is 12.8. The molecule has 2 heterocycles. The molecule has 1 aliphatic rings. The summed E-state index contributed by atoms with van der Waals surface area (Å²) >= 11 is 6.35. The number of halogens is 1. The highest BCUT2D eigenvalue weighted by molar-refractivity contribution is 7.92. The highest BCUT2D eigenvalue weighted by Gasteiger charge is 2.24. The number of anilines is 5. The lowest BCUT2D eigenvalue weighted by molar-refractivity contribution is -0.117. The average Bonchev–Trinajstić information content (AvgIpc) is 2.91. The number of aromatic nitrogens is 2. The number of sulfone groups is 1. The number of benzene rings is 2. The van der Waals surface area contributed by atoms with Crippen molar-refractivity contribution in [2.45, 2.75) is 42.9 Å². The van der Waals surface area contributed by atoms with Crippen LogP contribution in [0, 0.1) is 0 Å². The van der Waals surface area contributed by atoms with E-state index < -0.39 is 15.1 Å². The molecule has 10 nitrogen and oxygen atoms in total. The molecule has 2 aromatic carbocycles. The van der Waals surface area contributed by atoms with Crippen LogP contribution in [0.2, 0.25) is 5.02 Å². The number of nitrogens with one attached hydrogen (secondary N) is 3. The summed E-state index contributed by atoms with van der Waals surface area (Å²) in [5.74, 6) is 0.445. The molecule has 1 saturated heterocycles. The van der Waals surface area contributed by atoms with Crippen LogP contribution in [0.15, 0.2) is 59.6 Å². The summed E-state index contributed by atoms with van der Waals surface area (Å²) in [5.41, 5.74) is 1.69. The predicted molar refractivity (Wildman–Crippen MR) is 161 cm³/mol. The van der Waals surface area contributed by atoms with Gasteiger partial charge in [0.15, 0.2) is 15.7 Å². The summed E-state index contributed by atoms with van der Waals surface area (Å²) in [6.45, 7) is 5.42. The van der Waals surface area contributed by atoms with Gasteiger partial charge in [-0.05, 0) is 71.1 Å². The third-order valence-corrected chi connectivity index (χ3v) is 9.36. The summed E-state index contributed by atoms with van der Waals surface area (Å²) in [5, 5.41) is 8.79. The van der Waals surface area contributed by atoms with Gasteiger partial charge in [0.2, 0.25) is 11.9 Å². The zero-order valence-electron chi connectivity index (χ0n) is 23.2. The molecule has 1 amide bonds. The standard InChI is InChI=1S/C28H36ClN7O3S/c1-19(2)40(38,39)25-11-6-5-10-24(25)33-27-23(29)17-30-28(34-27)32-21-9-7-8-20(16-21)31-26(37)18-36-14-12-22(13-15-36)35(3)4/h5-11,16-17,19,22H,12-15,18H2,1-4H3,(H,31,37)(H2,30,32,33,34). The Morgan fingerprint density at radius 3 is 2.48 bits per heavy atom. The Kier molecular flexibility index (Phi) is 9.62. The van der Waals surface area contributed by atoms with Gasteiger partial charge in [-0.15, -0.1) is 0 Å².